The van der Waals surface area contributed by atoms with Crippen molar-refractivity contribution in [1.29, 1.82) is 0 Å². The molecule has 2 N–H and O–H groups in total. The van der Waals surface area contributed by atoms with Gasteiger partial charge >= 0.3 is 0 Å². The van der Waals surface area contributed by atoms with Gasteiger partial charge in [0.25, 0.3) is 0 Å². The van der Waals surface area contributed by atoms with Crippen LogP contribution in [0.15, 0.2) is 18.3 Å². The van der Waals surface area contributed by atoms with E-state index in [1.807, 2.05) is 6.07 Å². The average Bonchev–Trinajstić information content (AvgIpc) is 2.76. The number of aromatic nitrogens is 4. The highest BCUT2D eigenvalue weighted by atomic mass is 16.2. The molecule has 1 atom stereocenters. The van der Waals surface area contributed by atoms with Crippen LogP contribution in [0.1, 0.15) is 5.82 Å². The van der Waals surface area contributed by atoms with Gasteiger partial charge in [-0.05, 0) is 12.1 Å². The Balaban J connectivity index is 1.87. The van der Waals surface area contributed by atoms with Crippen LogP contribution in [0.25, 0.3) is 5.65 Å². The molecule has 0 saturated carbocycles. The van der Waals surface area contributed by atoms with Gasteiger partial charge in [0.05, 0.1) is 6.04 Å². The predicted molar refractivity (Wildman–Crippen MR) is 59.3 cm³/mol. The SMILES string of the molecule is O=C1NCCNC1Cc1nnc2cccnn12. The number of nitrogens with one attached hydrogen (secondary N) is 2. The van der Waals surface area contributed by atoms with E-state index in [-0.39, 0.29) is 11.9 Å². The number of fused-ring (bicyclic) bond motifs is 1. The first-order chi connectivity index (χ1) is 8.34. The molecule has 3 rings (SSSR count). The highest BCUT2D eigenvalue weighted by molar-refractivity contribution is 5.82. The summed E-state index contributed by atoms with van der Waals surface area (Å²) < 4.78 is 1.66. The lowest BCUT2D eigenvalue weighted by Crippen LogP contribution is -2.53. The molecule has 88 valence electrons. The summed E-state index contributed by atoms with van der Waals surface area (Å²) in [5.41, 5.74) is 0.693. The first kappa shape index (κ1) is 10.2. The molecule has 1 aliphatic rings. The van der Waals surface area contributed by atoms with E-state index in [9.17, 15) is 4.79 Å². The Bertz CT molecular complexity index is 550. The molecular weight excluding hydrogens is 220 g/mol. The third-order valence-electron chi connectivity index (χ3n) is 2.76. The molecule has 1 amide bonds. The minimum atomic E-state index is -0.252. The van der Waals surface area contributed by atoms with Gasteiger partial charge in [0.2, 0.25) is 5.91 Å². The number of hydrogen-bond donors (Lipinski definition) is 2. The largest absolute Gasteiger partial charge is 0.353 e. The zero-order valence-corrected chi connectivity index (χ0v) is 9.13. The molecule has 0 spiro atoms. The van der Waals surface area contributed by atoms with Crippen LogP contribution in [-0.2, 0) is 11.2 Å². The fourth-order valence-corrected chi connectivity index (χ4v) is 1.91. The van der Waals surface area contributed by atoms with Crippen molar-refractivity contribution in [3.63, 3.8) is 0 Å². The van der Waals surface area contributed by atoms with Gasteiger partial charge in [-0.1, -0.05) is 0 Å². The highest BCUT2D eigenvalue weighted by Crippen LogP contribution is 2.04. The molecule has 1 unspecified atom stereocenters. The molecule has 2 aromatic heterocycles. The number of piperazine rings is 1. The number of hydrogen-bond acceptors (Lipinski definition) is 5. The Kier molecular flexibility index (Phi) is 2.45. The van der Waals surface area contributed by atoms with Crippen LogP contribution >= 0.6 is 0 Å². The van der Waals surface area contributed by atoms with Crippen molar-refractivity contribution < 1.29 is 4.79 Å². The minimum Gasteiger partial charge on any atom is -0.353 e. The zero-order chi connectivity index (χ0) is 11.7. The molecule has 7 heteroatoms. The van der Waals surface area contributed by atoms with E-state index < -0.39 is 0 Å². The lowest BCUT2D eigenvalue weighted by Gasteiger charge is -2.22. The second-order valence-corrected chi connectivity index (χ2v) is 3.91. The van der Waals surface area contributed by atoms with Crippen molar-refractivity contribution in [2.45, 2.75) is 12.5 Å². The Labute approximate surface area is 97.2 Å². The molecule has 1 saturated heterocycles. The standard InChI is InChI=1S/C10H12N6O/c17-10-7(11-4-5-12-10)6-9-15-14-8-2-1-3-13-16(8)9/h1-3,7,11H,4-6H2,(H,12,17). The molecule has 0 bridgehead atoms. The van der Waals surface area contributed by atoms with Crippen LogP contribution in [0.3, 0.4) is 0 Å². The van der Waals surface area contributed by atoms with Gasteiger partial charge in [-0.2, -0.15) is 9.61 Å². The maximum atomic E-state index is 11.6. The highest BCUT2D eigenvalue weighted by Gasteiger charge is 2.23. The molecule has 0 aromatic carbocycles. The van der Waals surface area contributed by atoms with Crippen LogP contribution < -0.4 is 10.6 Å². The van der Waals surface area contributed by atoms with Crippen molar-refractivity contribution in [3.8, 4) is 0 Å². The number of amides is 1. The minimum absolute atomic E-state index is 0.00364. The third-order valence-corrected chi connectivity index (χ3v) is 2.76. The number of carbonyl (C=O) groups excluding carboxylic acids is 1. The van der Waals surface area contributed by atoms with E-state index >= 15 is 0 Å². The second kappa shape index (κ2) is 4.10. The smallest absolute Gasteiger partial charge is 0.237 e. The van der Waals surface area contributed by atoms with E-state index in [4.69, 9.17) is 0 Å². The molecule has 7 nitrogen and oxygen atoms in total. The Morgan fingerprint density at radius 3 is 3.24 bits per heavy atom. The summed E-state index contributed by atoms with van der Waals surface area (Å²) in [6.45, 7) is 1.45. The molecule has 0 aliphatic carbocycles. The van der Waals surface area contributed by atoms with Gasteiger partial charge < -0.3 is 10.6 Å². The van der Waals surface area contributed by atoms with Gasteiger partial charge in [0, 0.05) is 25.7 Å². The van der Waals surface area contributed by atoms with E-state index in [0.717, 1.165) is 6.54 Å². The summed E-state index contributed by atoms with van der Waals surface area (Å²) in [5.74, 6) is 0.694. The monoisotopic (exact) mass is 232 g/mol. The summed E-state index contributed by atoms with van der Waals surface area (Å²) in [6.07, 6.45) is 2.16. The van der Waals surface area contributed by atoms with Crippen LogP contribution in [0.2, 0.25) is 0 Å². The summed E-state index contributed by atoms with van der Waals surface area (Å²) in [7, 11) is 0. The van der Waals surface area contributed by atoms with Crippen molar-refractivity contribution >= 4 is 11.6 Å². The predicted octanol–water partition coefficient (Wildman–Crippen LogP) is -1.25. The van der Waals surface area contributed by atoms with Gasteiger partial charge in [-0.25, -0.2) is 0 Å². The van der Waals surface area contributed by atoms with Crippen LogP contribution in [0.4, 0.5) is 0 Å². The normalized spacial score (nSPS) is 20.5. The van der Waals surface area contributed by atoms with E-state index in [1.54, 1.807) is 16.8 Å². The van der Waals surface area contributed by atoms with Crippen molar-refractivity contribution in [2.24, 2.45) is 0 Å². The van der Waals surface area contributed by atoms with E-state index in [2.05, 4.69) is 25.9 Å². The first-order valence-corrected chi connectivity index (χ1v) is 5.51. The number of carbonyl (C=O) groups is 1. The molecular formula is C10H12N6O. The van der Waals surface area contributed by atoms with Crippen LogP contribution in [0.5, 0.6) is 0 Å². The van der Waals surface area contributed by atoms with Crippen molar-refractivity contribution in [1.82, 2.24) is 30.4 Å². The fraction of sp³-hybridized carbons (Fsp3) is 0.400. The first-order valence-electron chi connectivity index (χ1n) is 5.51. The van der Waals surface area contributed by atoms with Crippen LogP contribution in [-0.4, -0.2) is 44.8 Å². The quantitative estimate of drug-likeness (QED) is 0.676. The Morgan fingerprint density at radius 1 is 1.41 bits per heavy atom. The molecule has 0 radical (unpaired) electrons. The van der Waals surface area contributed by atoms with Gasteiger partial charge in [0.15, 0.2) is 11.5 Å². The zero-order valence-electron chi connectivity index (χ0n) is 9.13. The van der Waals surface area contributed by atoms with Crippen LogP contribution in [0, 0.1) is 0 Å². The number of nitrogens with zero attached hydrogens (tertiary/aromatic N) is 4. The van der Waals surface area contributed by atoms with Crippen molar-refractivity contribution in [2.75, 3.05) is 13.1 Å². The molecule has 17 heavy (non-hydrogen) atoms. The lowest BCUT2D eigenvalue weighted by atomic mass is 10.1. The number of rotatable bonds is 2. The summed E-state index contributed by atoms with van der Waals surface area (Å²) in [6, 6.07) is 3.38. The maximum absolute atomic E-state index is 11.6. The summed E-state index contributed by atoms with van der Waals surface area (Å²) in [5, 5.41) is 18.2. The Hall–Kier alpha value is -2.02. The van der Waals surface area contributed by atoms with Gasteiger partial charge in [0.1, 0.15) is 0 Å². The van der Waals surface area contributed by atoms with Gasteiger partial charge in [-0.3, -0.25) is 4.79 Å². The Morgan fingerprint density at radius 2 is 2.35 bits per heavy atom. The average molecular weight is 232 g/mol. The molecule has 2 aromatic rings. The topological polar surface area (TPSA) is 84.2 Å². The van der Waals surface area contributed by atoms with Crippen molar-refractivity contribution in [3.05, 3.63) is 24.2 Å². The summed E-state index contributed by atoms with van der Waals surface area (Å²) >= 11 is 0. The molecule has 1 aliphatic heterocycles. The maximum Gasteiger partial charge on any atom is 0.237 e. The second-order valence-electron chi connectivity index (χ2n) is 3.91. The molecule has 1 fully saturated rings. The van der Waals surface area contributed by atoms with Gasteiger partial charge in [-0.15, -0.1) is 10.2 Å². The lowest BCUT2D eigenvalue weighted by molar-refractivity contribution is -0.124. The van der Waals surface area contributed by atoms with E-state index in [1.165, 1.54) is 0 Å². The van der Waals surface area contributed by atoms with E-state index in [0.29, 0.717) is 24.4 Å². The third kappa shape index (κ3) is 1.84. The fourth-order valence-electron chi connectivity index (χ4n) is 1.91. The summed E-state index contributed by atoms with van der Waals surface area (Å²) in [4.78, 5) is 11.6. The molecule has 3 heterocycles.